The summed E-state index contributed by atoms with van der Waals surface area (Å²) in [6, 6.07) is 20.8. The molecule has 0 saturated heterocycles. The quantitative estimate of drug-likeness (QED) is 0.502. The van der Waals surface area contributed by atoms with E-state index in [-0.39, 0.29) is 17.5 Å². The Balaban J connectivity index is 1.89. The number of para-hydroxylation sites is 1. The molecule has 2 amide bonds. The highest BCUT2D eigenvalue weighted by molar-refractivity contribution is 9.10. The van der Waals surface area contributed by atoms with Gasteiger partial charge in [0, 0.05) is 10.2 Å². The van der Waals surface area contributed by atoms with Gasteiger partial charge in [-0.1, -0.05) is 64.0 Å². The summed E-state index contributed by atoms with van der Waals surface area (Å²) in [5, 5.41) is 3.21. The van der Waals surface area contributed by atoms with E-state index in [1.807, 2.05) is 81.4 Å². The number of hydrogen-bond donors (Lipinski definition) is 1. The monoisotopic (exact) mass is 460 g/mol. The lowest BCUT2D eigenvalue weighted by atomic mass is 9.97. The van der Waals surface area contributed by atoms with E-state index in [1.165, 1.54) is 4.90 Å². The Hall–Kier alpha value is -3.18. The number of aryl methyl sites for hydroxylation is 3. The number of hydrogen-bond acceptors (Lipinski definition) is 3. The van der Waals surface area contributed by atoms with Crippen molar-refractivity contribution in [1.82, 2.24) is 0 Å². The molecule has 0 spiro atoms. The number of imide groups is 1. The van der Waals surface area contributed by atoms with Crippen LogP contribution in [0.3, 0.4) is 0 Å². The normalized spacial score (nSPS) is 13.9. The molecule has 30 heavy (non-hydrogen) atoms. The summed E-state index contributed by atoms with van der Waals surface area (Å²) in [7, 11) is 0. The third kappa shape index (κ3) is 3.57. The first-order valence-electron chi connectivity index (χ1n) is 9.65. The maximum Gasteiger partial charge on any atom is 0.282 e. The maximum atomic E-state index is 13.6. The van der Waals surface area contributed by atoms with Gasteiger partial charge in [0.2, 0.25) is 0 Å². The van der Waals surface area contributed by atoms with Crippen molar-refractivity contribution < 1.29 is 9.59 Å². The first-order valence-corrected chi connectivity index (χ1v) is 10.4. The Morgan fingerprint density at radius 2 is 1.57 bits per heavy atom. The van der Waals surface area contributed by atoms with Gasteiger partial charge in [0.05, 0.1) is 11.3 Å². The van der Waals surface area contributed by atoms with Crippen LogP contribution in [0.5, 0.6) is 0 Å². The molecular weight excluding hydrogens is 440 g/mol. The topological polar surface area (TPSA) is 49.4 Å². The first-order chi connectivity index (χ1) is 14.4. The highest BCUT2D eigenvalue weighted by Gasteiger charge is 2.41. The zero-order valence-corrected chi connectivity index (χ0v) is 18.6. The van der Waals surface area contributed by atoms with Crippen molar-refractivity contribution in [2.45, 2.75) is 20.8 Å². The van der Waals surface area contributed by atoms with Gasteiger partial charge in [-0.05, 0) is 61.7 Å². The van der Waals surface area contributed by atoms with Crippen molar-refractivity contribution in [2.24, 2.45) is 0 Å². The zero-order chi connectivity index (χ0) is 21.4. The van der Waals surface area contributed by atoms with Gasteiger partial charge in [0.15, 0.2) is 0 Å². The molecule has 1 aliphatic heterocycles. The fourth-order valence-electron chi connectivity index (χ4n) is 3.73. The van der Waals surface area contributed by atoms with Crippen LogP contribution >= 0.6 is 15.9 Å². The van der Waals surface area contributed by atoms with E-state index in [1.54, 1.807) is 6.07 Å². The zero-order valence-electron chi connectivity index (χ0n) is 17.0. The molecule has 0 bridgehead atoms. The molecule has 5 heteroatoms. The summed E-state index contributed by atoms with van der Waals surface area (Å²) < 4.78 is 0.883. The minimum absolute atomic E-state index is 0.285. The maximum absolute atomic E-state index is 13.6. The summed E-state index contributed by atoms with van der Waals surface area (Å²) in [5.74, 6) is -0.678. The molecule has 0 saturated carbocycles. The average Bonchev–Trinajstić information content (AvgIpc) is 2.93. The van der Waals surface area contributed by atoms with Crippen molar-refractivity contribution >= 4 is 44.7 Å². The van der Waals surface area contributed by atoms with Gasteiger partial charge < -0.3 is 5.32 Å². The number of rotatable bonds is 4. The number of benzene rings is 3. The van der Waals surface area contributed by atoms with E-state index in [0.717, 1.165) is 32.4 Å². The van der Waals surface area contributed by atoms with E-state index in [2.05, 4.69) is 21.2 Å². The molecule has 3 aromatic carbocycles. The third-order valence-electron chi connectivity index (χ3n) is 5.19. The van der Waals surface area contributed by atoms with Gasteiger partial charge in [-0.3, -0.25) is 9.59 Å². The number of nitrogens with one attached hydrogen (secondary N) is 1. The molecular formula is C25H21BrN2O2. The van der Waals surface area contributed by atoms with Gasteiger partial charge in [0.1, 0.15) is 5.70 Å². The van der Waals surface area contributed by atoms with Gasteiger partial charge in [-0.15, -0.1) is 0 Å². The average molecular weight is 461 g/mol. The van der Waals surface area contributed by atoms with Crippen LogP contribution in [0.25, 0.3) is 5.57 Å². The molecule has 4 nitrogen and oxygen atoms in total. The lowest BCUT2D eigenvalue weighted by Gasteiger charge is -2.18. The van der Waals surface area contributed by atoms with Crippen LogP contribution in [0.1, 0.15) is 22.3 Å². The van der Waals surface area contributed by atoms with Crippen molar-refractivity contribution in [2.75, 3.05) is 10.2 Å². The van der Waals surface area contributed by atoms with Crippen LogP contribution in [0, 0.1) is 20.8 Å². The number of halogens is 1. The number of amides is 2. The minimum Gasteiger partial charge on any atom is -0.350 e. The minimum atomic E-state index is -0.357. The molecule has 1 aliphatic rings. The second-order valence-corrected chi connectivity index (χ2v) is 8.35. The van der Waals surface area contributed by atoms with Crippen LogP contribution in [0.4, 0.5) is 11.4 Å². The van der Waals surface area contributed by atoms with Crippen LogP contribution in [-0.2, 0) is 9.59 Å². The Labute approximate surface area is 184 Å². The molecule has 1 N–H and O–H groups in total. The van der Waals surface area contributed by atoms with Crippen LogP contribution in [0.2, 0.25) is 0 Å². The summed E-state index contributed by atoms with van der Waals surface area (Å²) in [6.45, 7) is 5.86. The third-order valence-corrected chi connectivity index (χ3v) is 5.68. The van der Waals surface area contributed by atoms with E-state index >= 15 is 0 Å². The molecule has 4 rings (SSSR count). The lowest BCUT2D eigenvalue weighted by Crippen LogP contribution is -2.33. The summed E-state index contributed by atoms with van der Waals surface area (Å²) in [6.07, 6.45) is 0. The summed E-state index contributed by atoms with van der Waals surface area (Å²) >= 11 is 3.46. The molecule has 0 atom stereocenters. The van der Waals surface area contributed by atoms with Crippen molar-refractivity contribution in [3.05, 3.63) is 99.2 Å². The van der Waals surface area contributed by atoms with Crippen LogP contribution < -0.4 is 10.2 Å². The number of carbonyl (C=O) groups is 2. The van der Waals surface area contributed by atoms with E-state index < -0.39 is 0 Å². The number of anilines is 2. The molecule has 0 aromatic heterocycles. The predicted molar refractivity (Wildman–Crippen MR) is 124 cm³/mol. The Morgan fingerprint density at radius 1 is 0.800 bits per heavy atom. The van der Waals surface area contributed by atoms with Crippen molar-refractivity contribution in [3.8, 4) is 0 Å². The van der Waals surface area contributed by atoms with Crippen molar-refractivity contribution in [1.29, 1.82) is 0 Å². The van der Waals surface area contributed by atoms with Gasteiger partial charge >= 0.3 is 0 Å². The Kier molecular flexibility index (Phi) is 5.31. The van der Waals surface area contributed by atoms with Gasteiger partial charge in [0.25, 0.3) is 11.8 Å². The van der Waals surface area contributed by atoms with Crippen molar-refractivity contribution in [3.63, 3.8) is 0 Å². The second-order valence-electron chi connectivity index (χ2n) is 7.44. The highest BCUT2D eigenvalue weighted by atomic mass is 79.9. The molecule has 0 aliphatic carbocycles. The number of nitrogens with zero attached hydrogens (tertiary/aromatic N) is 1. The molecule has 3 aromatic rings. The fraction of sp³-hybridized carbons (Fsp3) is 0.120. The first kappa shape index (κ1) is 20.1. The van der Waals surface area contributed by atoms with E-state index in [4.69, 9.17) is 0 Å². The largest absolute Gasteiger partial charge is 0.350 e. The highest BCUT2D eigenvalue weighted by Crippen LogP contribution is 2.36. The summed E-state index contributed by atoms with van der Waals surface area (Å²) in [5.41, 5.74) is 5.68. The van der Waals surface area contributed by atoms with Crippen LogP contribution in [-0.4, -0.2) is 11.8 Å². The smallest absolute Gasteiger partial charge is 0.282 e. The molecule has 1 heterocycles. The standard InChI is InChI=1S/C25H21BrN2O2/c1-15-11-12-20(17(3)13-15)22-23(27-19-9-6-8-18(26)14-19)25(30)28(24(22)29)21-10-5-4-7-16(21)2/h4-14,27H,1-3H3. The van der Waals surface area contributed by atoms with E-state index in [9.17, 15) is 9.59 Å². The Bertz CT molecular complexity index is 1210. The molecule has 0 unspecified atom stereocenters. The van der Waals surface area contributed by atoms with Gasteiger partial charge in [-0.25, -0.2) is 4.90 Å². The predicted octanol–water partition coefficient (Wildman–Crippen LogP) is 5.77. The fourth-order valence-corrected chi connectivity index (χ4v) is 4.13. The summed E-state index contributed by atoms with van der Waals surface area (Å²) in [4.78, 5) is 28.3. The van der Waals surface area contributed by atoms with E-state index in [0.29, 0.717) is 11.3 Å². The molecule has 0 fully saturated rings. The molecule has 0 radical (unpaired) electrons. The van der Waals surface area contributed by atoms with Crippen LogP contribution in [0.15, 0.2) is 76.9 Å². The SMILES string of the molecule is Cc1ccc(C2=C(Nc3cccc(Br)c3)C(=O)N(c3ccccc3C)C2=O)c(C)c1. The lowest BCUT2D eigenvalue weighted by molar-refractivity contribution is -0.120. The second kappa shape index (κ2) is 7.92. The van der Waals surface area contributed by atoms with Gasteiger partial charge in [-0.2, -0.15) is 0 Å². The Morgan fingerprint density at radius 3 is 2.27 bits per heavy atom. The molecule has 150 valence electrons. The number of carbonyl (C=O) groups excluding carboxylic acids is 2.